The summed E-state index contributed by atoms with van der Waals surface area (Å²) in [5, 5.41) is 11.5. The van der Waals surface area contributed by atoms with E-state index in [0.717, 1.165) is 49.7 Å². The zero-order chi connectivity index (χ0) is 19.5. The molecule has 0 unspecified atom stereocenters. The van der Waals surface area contributed by atoms with Crippen LogP contribution < -0.4 is 9.80 Å². The first-order valence-electron chi connectivity index (χ1n) is 11.2. The molecule has 0 amide bonds. The topological polar surface area (TPSA) is 61.3 Å². The average molecular weight is 414 g/mol. The number of hydrogen-bond acceptors (Lipinski definition) is 8. The summed E-state index contributed by atoms with van der Waals surface area (Å²) in [4.78, 5) is 16.3. The van der Waals surface area contributed by atoms with Crippen molar-refractivity contribution in [3.05, 3.63) is 23.5 Å². The van der Waals surface area contributed by atoms with E-state index in [9.17, 15) is 0 Å². The summed E-state index contributed by atoms with van der Waals surface area (Å²) in [6.07, 6.45) is 12.7. The molecular weight excluding hydrogens is 382 g/mol. The maximum Gasteiger partial charge on any atom is 0.225 e. The summed E-state index contributed by atoms with van der Waals surface area (Å²) in [7, 11) is 0. The number of piperidine rings is 3. The van der Waals surface area contributed by atoms with Crippen LogP contribution in [0.25, 0.3) is 0 Å². The van der Waals surface area contributed by atoms with Gasteiger partial charge < -0.3 is 14.7 Å². The minimum atomic E-state index is 0.435. The van der Waals surface area contributed by atoms with Gasteiger partial charge in [0.25, 0.3) is 0 Å². The number of anilines is 2. The Bertz CT molecular complexity index is 768. The molecule has 0 N–H and O–H groups in total. The standard InChI is InChI=1S/C21H31N7S/c1-2-11-26(12-3-1)18-7-14-27(15-8-18)21-25-24-19(29-21)17-6-4-13-28(16-17)20-22-9-5-10-23-20/h5,9-10,17-18H,1-4,6-8,11-16H2/t17-/m1/s1. The molecule has 3 aliphatic rings. The van der Waals surface area contributed by atoms with Crippen LogP contribution in [-0.4, -0.2) is 70.4 Å². The van der Waals surface area contributed by atoms with Gasteiger partial charge in [-0.15, -0.1) is 10.2 Å². The second kappa shape index (κ2) is 8.92. The van der Waals surface area contributed by atoms with Crippen molar-refractivity contribution in [3.8, 4) is 0 Å². The van der Waals surface area contributed by atoms with E-state index in [0.29, 0.717) is 5.92 Å². The molecular formula is C21H31N7S. The molecule has 156 valence electrons. The first-order valence-corrected chi connectivity index (χ1v) is 12.0. The number of likely N-dealkylation sites (tertiary alicyclic amines) is 1. The van der Waals surface area contributed by atoms with Crippen LogP contribution >= 0.6 is 11.3 Å². The zero-order valence-electron chi connectivity index (χ0n) is 17.1. The van der Waals surface area contributed by atoms with E-state index in [1.807, 2.05) is 18.5 Å². The predicted octanol–water partition coefficient (Wildman–Crippen LogP) is 3.17. The maximum atomic E-state index is 4.60. The van der Waals surface area contributed by atoms with Gasteiger partial charge in [0, 0.05) is 50.5 Å². The minimum Gasteiger partial charge on any atom is -0.347 e. The Kier molecular flexibility index (Phi) is 5.90. The normalized spacial score (nSPS) is 24.8. The van der Waals surface area contributed by atoms with Crippen molar-refractivity contribution >= 4 is 22.4 Å². The molecule has 3 saturated heterocycles. The molecule has 5 heterocycles. The fraction of sp³-hybridized carbons (Fsp3) is 0.714. The van der Waals surface area contributed by atoms with Crippen LogP contribution in [-0.2, 0) is 0 Å². The van der Waals surface area contributed by atoms with Gasteiger partial charge in [-0.3, -0.25) is 0 Å². The SMILES string of the molecule is c1cnc(N2CCC[C@@H](c3nnc(N4CCC(N5CCCCC5)CC4)s3)C2)nc1. The fourth-order valence-corrected chi connectivity index (χ4v) is 6.06. The Morgan fingerprint density at radius 1 is 0.793 bits per heavy atom. The number of rotatable bonds is 4. The lowest BCUT2D eigenvalue weighted by molar-refractivity contribution is 0.141. The molecule has 3 aliphatic heterocycles. The quantitative estimate of drug-likeness (QED) is 0.763. The van der Waals surface area contributed by atoms with Crippen molar-refractivity contribution in [2.45, 2.75) is 56.9 Å². The van der Waals surface area contributed by atoms with Crippen LogP contribution in [0.5, 0.6) is 0 Å². The van der Waals surface area contributed by atoms with Gasteiger partial charge in [-0.05, 0) is 57.7 Å². The second-order valence-corrected chi connectivity index (χ2v) is 9.56. The van der Waals surface area contributed by atoms with Gasteiger partial charge in [-0.25, -0.2) is 9.97 Å². The molecule has 0 radical (unpaired) electrons. The van der Waals surface area contributed by atoms with Crippen molar-refractivity contribution in [2.24, 2.45) is 0 Å². The van der Waals surface area contributed by atoms with Gasteiger partial charge in [0.05, 0.1) is 0 Å². The molecule has 29 heavy (non-hydrogen) atoms. The number of nitrogens with zero attached hydrogens (tertiary/aromatic N) is 7. The Morgan fingerprint density at radius 2 is 1.59 bits per heavy atom. The third kappa shape index (κ3) is 4.38. The highest BCUT2D eigenvalue weighted by atomic mass is 32.1. The largest absolute Gasteiger partial charge is 0.347 e. The highest BCUT2D eigenvalue weighted by Crippen LogP contribution is 2.34. The lowest BCUT2D eigenvalue weighted by Crippen LogP contribution is -2.46. The molecule has 5 rings (SSSR count). The van der Waals surface area contributed by atoms with Crippen LogP contribution in [0.1, 0.15) is 55.9 Å². The summed E-state index contributed by atoms with van der Waals surface area (Å²) < 4.78 is 0. The van der Waals surface area contributed by atoms with Crippen LogP contribution in [0.4, 0.5) is 11.1 Å². The summed E-state index contributed by atoms with van der Waals surface area (Å²) >= 11 is 1.80. The van der Waals surface area contributed by atoms with Crippen molar-refractivity contribution in [1.82, 2.24) is 25.1 Å². The van der Waals surface area contributed by atoms with Crippen LogP contribution in [0, 0.1) is 0 Å². The van der Waals surface area contributed by atoms with Crippen molar-refractivity contribution in [2.75, 3.05) is 49.1 Å². The van der Waals surface area contributed by atoms with E-state index in [1.54, 1.807) is 11.3 Å². The highest BCUT2D eigenvalue weighted by Gasteiger charge is 2.29. The molecule has 0 saturated carbocycles. The van der Waals surface area contributed by atoms with Gasteiger partial charge in [-0.2, -0.15) is 0 Å². The molecule has 0 aliphatic carbocycles. The molecule has 1 atom stereocenters. The Labute approximate surface area is 177 Å². The third-order valence-corrected chi connectivity index (χ3v) is 7.82. The molecule has 0 aromatic carbocycles. The molecule has 2 aromatic rings. The van der Waals surface area contributed by atoms with Gasteiger partial charge in [0.1, 0.15) is 5.01 Å². The number of hydrogen-bond donors (Lipinski definition) is 0. The van der Waals surface area contributed by atoms with Gasteiger partial charge in [-0.1, -0.05) is 17.8 Å². The van der Waals surface area contributed by atoms with Crippen molar-refractivity contribution in [1.29, 1.82) is 0 Å². The van der Waals surface area contributed by atoms with E-state index in [4.69, 9.17) is 0 Å². The lowest BCUT2D eigenvalue weighted by Gasteiger charge is -2.40. The Morgan fingerprint density at radius 3 is 2.38 bits per heavy atom. The van der Waals surface area contributed by atoms with Crippen LogP contribution in [0.15, 0.2) is 18.5 Å². The van der Waals surface area contributed by atoms with Crippen LogP contribution in [0.2, 0.25) is 0 Å². The summed E-state index contributed by atoms with van der Waals surface area (Å²) in [6, 6.07) is 2.65. The van der Waals surface area contributed by atoms with E-state index in [2.05, 4.69) is 34.9 Å². The predicted molar refractivity (Wildman–Crippen MR) is 117 cm³/mol. The van der Waals surface area contributed by atoms with Gasteiger partial charge in [0.2, 0.25) is 11.1 Å². The number of aromatic nitrogens is 4. The molecule has 7 nitrogen and oxygen atoms in total. The molecule has 0 bridgehead atoms. The van der Waals surface area contributed by atoms with Crippen LogP contribution in [0.3, 0.4) is 0 Å². The summed E-state index contributed by atoms with van der Waals surface area (Å²) in [6.45, 7) is 6.80. The fourth-order valence-electron chi connectivity index (χ4n) is 5.04. The van der Waals surface area contributed by atoms with E-state index >= 15 is 0 Å². The van der Waals surface area contributed by atoms with Gasteiger partial charge >= 0.3 is 0 Å². The lowest BCUT2D eigenvalue weighted by atomic mass is 9.99. The Hall–Kier alpha value is -1.80. The third-order valence-electron chi connectivity index (χ3n) is 6.68. The molecule has 3 fully saturated rings. The van der Waals surface area contributed by atoms with E-state index in [-0.39, 0.29) is 0 Å². The monoisotopic (exact) mass is 413 g/mol. The highest BCUT2D eigenvalue weighted by molar-refractivity contribution is 7.15. The zero-order valence-corrected chi connectivity index (χ0v) is 17.9. The smallest absolute Gasteiger partial charge is 0.225 e. The van der Waals surface area contributed by atoms with Gasteiger partial charge in [0.15, 0.2) is 0 Å². The van der Waals surface area contributed by atoms with E-state index < -0.39 is 0 Å². The molecule has 8 heteroatoms. The summed E-state index contributed by atoms with van der Waals surface area (Å²) in [5.41, 5.74) is 0. The molecule has 2 aromatic heterocycles. The van der Waals surface area contributed by atoms with E-state index in [1.165, 1.54) is 56.6 Å². The van der Waals surface area contributed by atoms with Crippen molar-refractivity contribution in [3.63, 3.8) is 0 Å². The first-order chi connectivity index (χ1) is 14.4. The Balaban J connectivity index is 1.19. The minimum absolute atomic E-state index is 0.435. The van der Waals surface area contributed by atoms with Crippen molar-refractivity contribution < 1.29 is 0 Å². The first kappa shape index (κ1) is 19.2. The average Bonchev–Trinajstić information content (AvgIpc) is 3.31. The summed E-state index contributed by atoms with van der Waals surface area (Å²) in [5.74, 6) is 1.27. The maximum absolute atomic E-state index is 4.60. The molecule has 0 spiro atoms. The second-order valence-electron chi connectivity index (χ2n) is 8.57.